The van der Waals surface area contributed by atoms with Gasteiger partial charge in [-0.05, 0) is 18.3 Å². The monoisotopic (exact) mass is 306 g/mol. The number of hydrogen-bond acceptors (Lipinski definition) is 4. The van der Waals surface area contributed by atoms with Crippen molar-refractivity contribution < 1.29 is 14.7 Å². The number of hydrogen-bond donors (Lipinski definition) is 2. The van der Waals surface area contributed by atoms with Gasteiger partial charge in [0.15, 0.2) is 5.82 Å². The smallest absolute Gasteiger partial charge is 0.307 e. The van der Waals surface area contributed by atoms with E-state index in [2.05, 4.69) is 15.5 Å². The zero-order valence-corrected chi connectivity index (χ0v) is 13.2. The predicted molar refractivity (Wildman–Crippen MR) is 77.8 cm³/mol. The van der Waals surface area contributed by atoms with Crippen LogP contribution in [0.15, 0.2) is 0 Å². The van der Waals surface area contributed by atoms with Gasteiger partial charge in [-0.3, -0.25) is 9.59 Å². The molecule has 0 unspecified atom stereocenters. The number of aromatic nitrogens is 3. The van der Waals surface area contributed by atoms with E-state index in [1.807, 2.05) is 25.5 Å². The lowest BCUT2D eigenvalue weighted by atomic mass is 9.85. The van der Waals surface area contributed by atoms with Crippen LogP contribution in [0.2, 0.25) is 0 Å². The molecular formula is C15H22N4O3. The molecule has 2 aliphatic carbocycles. The molecule has 7 nitrogen and oxygen atoms in total. The van der Waals surface area contributed by atoms with E-state index in [9.17, 15) is 9.59 Å². The van der Waals surface area contributed by atoms with E-state index in [0.717, 1.165) is 18.7 Å². The minimum absolute atomic E-state index is 0.217. The second kappa shape index (κ2) is 5.07. The van der Waals surface area contributed by atoms with E-state index >= 15 is 0 Å². The minimum atomic E-state index is -0.906. The first-order valence-corrected chi connectivity index (χ1v) is 7.72. The summed E-state index contributed by atoms with van der Waals surface area (Å²) in [5.41, 5.74) is -0.479. The fourth-order valence-corrected chi connectivity index (χ4v) is 3.42. The van der Waals surface area contributed by atoms with Crippen molar-refractivity contribution in [1.82, 2.24) is 20.1 Å². The summed E-state index contributed by atoms with van der Waals surface area (Å²) in [7, 11) is 1.91. The van der Waals surface area contributed by atoms with Crippen LogP contribution in [0.1, 0.15) is 50.7 Å². The van der Waals surface area contributed by atoms with Crippen molar-refractivity contribution in [1.29, 1.82) is 0 Å². The highest BCUT2D eigenvalue weighted by Gasteiger charge is 2.65. The molecule has 0 aliphatic heterocycles. The van der Waals surface area contributed by atoms with Crippen molar-refractivity contribution in [3.8, 4) is 0 Å². The lowest BCUT2D eigenvalue weighted by Gasteiger charge is -2.24. The fraction of sp³-hybridized carbons (Fsp3) is 0.733. The highest BCUT2D eigenvalue weighted by molar-refractivity contribution is 5.91. The van der Waals surface area contributed by atoms with Crippen LogP contribution in [0.3, 0.4) is 0 Å². The maximum Gasteiger partial charge on any atom is 0.307 e. The molecule has 120 valence electrons. The van der Waals surface area contributed by atoms with Gasteiger partial charge in [-0.1, -0.05) is 20.3 Å². The SMILES string of the molecule is Cn1c(CNC(=O)[C@@H]2[C@H](C(=O)O)C2(C)C)nnc1C1CCC1. The van der Waals surface area contributed by atoms with E-state index in [1.165, 1.54) is 6.42 Å². The molecule has 0 bridgehead atoms. The molecule has 2 N–H and O–H groups in total. The number of amides is 1. The third-order valence-electron chi connectivity index (χ3n) is 5.27. The standard InChI is InChI=1S/C15H22N4O3/c1-15(2)10(11(15)14(21)22)13(20)16-7-9-17-18-12(19(9)3)8-5-4-6-8/h8,10-11H,4-7H2,1-3H3,(H,16,20)(H,21,22)/t10-,11+/m0/s1. The van der Waals surface area contributed by atoms with Crippen molar-refractivity contribution in [2.45, 2.75) is 45.6 Å². The molecule has 22 heavy (non-hydrogen) atoms. The zero-order valence-electron chi connectivity index (χ0n) is 13.2. The summed E-state index contributed by atoms with van der Waals surface area (Å²) in [4.78, 5) is 23.3. The molecule has 1 amide bonds. The Bertz CT molecular complexity index is 618. The molecule has 2 saturated carbocycles. The van der Waals surface area contributed by atoms with E-state index in [-0.39, 0.29) is 12.5 Å². The molecule has 2 fully saturated rings. The summed E-state index contributed by atoms with van der Waals surface area (Å²) in [5.74, 6) is -0.0181. The Hall–Kier alpha value is -1.92. The van der Waals surface area contributed by atoms with Gasteiger partial charge in [-0.15, -0.1) is 10.2 Å². The van der Waals surface area contributed by atoms with Crippen LogP contribution in [0.5, 0.6) is 0 Å². The molecule has 1 aromatic rings. The topological polar surface area (TPSA) is 97.1 Å². The Balaban J connectivity index is 1.60. The van der Waals surface area contributed by atoms with Crippen LogP contribution in [0.25, 0.3) is 0 Å². The number of carboxylic acids is 1. The number of carboxylic acid groups (broad SMARTS) is 1. The van der Waals surface area contributed by atoms with Crippen LogP contribution in [0, 0.1) is 17.3 Å². The van der Waals surface area contributed by atoms with E-state index in [1.54, 1.807) is 0 Å². The van der Waals surface area contributed by atoms with Crippen LogP contribution >= 0.6 is 0 Å². The summed E-state index contributed by atoms with van der Waals surface area (Å²) in [6, 6.07) is 0. The first kappa shape index (κ1) is 15.0. The fourth-order valence-electron chi connectivity index (χ4n) is 3.42. The van der Waals surface area contributed by atoms with Crippen molar-refractivity contribution in [3.63, 3.8) is 0 Å². The predicted octanol–water partition coefficient (Wildman–Crippen LogP) is 1.06. The molecule has 3 rings (SSSR count). The van der Waals surface area contributed by atoms with Crippen molar-refractivity contribution in [3.05, 3.63) is 11.6 Å². The van der Waals surface area contributed by atoms with Gasteiger partial charge in [0, 0.05) is 13.0 Å². The molecule has 2 atom stereocenters. The van der Waals surface area contributed by atoms with Crippen LogP contribution < -0.4 is 5.32 Å². The lowest BCUT2D eigenvalue weighted by molar-refractivity contribution is -0.140. The van der Waals surface area contributed by atoms with Gasteiger partial charge < -0.3 is 15.0 Å². The summed E-state index contributed by atoms with van der Waals surface area (Å²) in [6.45, 7) is 3.91. The Labute approximate surface area is 129 Å². The Morgan fingerprint density at radius 2 is 2.00 bits per heavy atom. The largest absolute Gasteiger partial charge is 0.481 e. The van der Waals surface area contributed by atoms with Crippen molar-refractivity contribution in [2.75, 3.05) is 0 Å². The second-order valence-electron chi connectivity index (χ2n) is 6.99. The highest BCUT2D eigenvalue weighted by Crippen LogP contribution is 2.58. The molecule has 0 radical (unpaired) electrons. The average molecular weight is 306 g/mol. The molecular weight excluding hydrogens is 284 g/mol. The Morgan fingerprint density at radius 1 is 1.32 bits per heavy atom. The zero-order chi connectivity index (χ0) is 16.1. The van der Waals surface area contributed by atoms with Gasteiger partial charge >= 0.3 is 5.97 Å². The second-order valence-corrected chi connectivity index (χ2v) is 6.99. The number of carbonyl (C=O) groups is 2. The van der Waals surface area contributed by atoms with Crippen LogP contribution in [-0.4, -0.2) is 31.7 Å². The number of rotatable bonds is 5. The molecule has 0 aromatic carbocycles. The van der Waals surface area contributed by atoms with Crippen molar-refractivity contribution in [2.24, 2.45) is 24.3 Å². The first-order chi connectivity index (χ1) is 10.3. The van der Waals surface area contributed by atoms with Crippen LogP contribution in [-0.2, 0) is 23.2 Å². The lowest BCUT2D eigenvalue weighted by Crippen LogP contribution is -2.28. The van der Waals surface area contributed by atoms with Crippen LogP contribution in [0.4, 0.5) is 0 Å². The molecule has 1 heterocycles. The van der Waals surface area contributed by atoms with Gasteiger partial charge in [-0.25, -0.2) is 0 Å². The molecule has 7 heteroatoms. The Kier molecular flexibility index (Phi) is 3.45. The minimum Gasteiger partial charge on any atom is -0.481 e. The number of aliphatic carboxylic acids is 1. The van der Waals surface area contributed by atoms with Gasteiger partial charge in [0.25, 0.3) is 0 Å². The molecule has 1 aromatic heterocycles. The number of carbonyl (C=O) groups excluding carboxylic acids is 1. The average Bonchev–Trinajstić information content (AvgIpc) is 2.80. The summed E-state index contributed by atoms with van der Waals surface area (Å²) < 4.78 is 1.94. The maximum atomic E-state index is 12.2. The Morgan fingerprint density at radius 3 is 2.50 bits per heavy atom. The van der Waals surface area contributed by atoms with Gasteiger partial charge in [0.05, 0.1) is 18.4 Å². The molecule has 0 spiro atoms. The maximum absolute atomic E-state index is 12.2. The van der Waals surface area contributed by atoms with E-state index < -0.39 is 23.2 Å². The van der Waals surface area contributed by atoms with Crippen molar-refractivity contribution >= 4 is 11.9 Å². The third-order valence-corrected chi connectivity index (χ3v) is 5.27. The normalized spacial score (nSPS) is 26.3. The summed E-state index contributed by atoms with van der Waals surface area (Å²) in [5, 5.41) is 20.3. The van der Waals surface area contributed by atoms with Gasteiger partial charge in [0.1, 0.15) is 5.82 Å². The van der Waals surface area contributed by atoms with E-state index in [0.29, 0.717) is 11.7 Å². The first-order valence-electron chi connectivity index (χ1n) is 7.72. The quantitative estimate of drug-likeness (QED) is 0.847. The summed E-state index contributed by atoms with van der Waals surface area (Å²) >= 11 is 0. The molecule has 0 saturated heterocycles. The third kappa shape index (κ3) is 2.28. The van der Waals surface area contributed by atoms with E-state index in [4.69, 9.17) is 5.11 Å². The summed E-state index contributed by atoms with van der Waals surface area (Å²) in [6.07, 6.45) is 3.53. The highest BCUT2D eigenvalue weighted by atomic mass is 16.4. The number of nitrogens with one attached hydrogen (secondary N) is 1. The number of nitrogens with zero attached hydrogens (tertiary/aromatic N) is 3. The van der Waals surface area contributed by atoms with Gasteiger partial charge in [0.2, 0.25) is 5.91 Å². The molecule has 2 aliphatic rings. The van der Waals surface area contributed by atoms with Gasteiger partial charge in [-0.2, -0.15) is 0 Å².